The Balaban J connectivity index is 2.30. The highest BCUT2D eigenvalue weighted by Gasteiger charge is 2.28. The zero-order chi connectivity index (χ0) is 11.1. The van der Waals surface area contributed by atoms with Crippen LogP contribution in [0, 0.1) is 0 Å². The zero-order valence-electron chi connectivity index (χ0n) is 8.47. The first kappa shape index (κ1) is 9.21. The van der Waals surface area contributed by atoms with Crippen LogP contribution in [0.5, 0.6) is 0 Å². The molecule has 5 heteroatoms. The van der Waals surface area contributed by atoms with Crippen molar-refractivity contribution in [3.63, 3.8) is 0 Å². The summed E-state index contributed by atoms with van der Waals surface area (Å²) < 4.78 is 6.83. The van der Waals surface area contributed by atoms with E-state index in [1.165, 1.54) is 12.3 Å². The Morgan fingerprint density at radius 2 is 2.19 bits per heavy atom. The first-order valence-corrected chi connectivity index (χ1v) is 5.15. The van der Waals surface area contributed by atoms with Gasteiger partial charge in [0.2, 0.25) is 0 Å². The van der Waals surface area contributed by atoms with Gasteiger partial charge in [0.25, 0.3) is 5.56 Å². The van der Waals surface area contributed by atoms with Crippen molar-refractivity contribution in [2.24, 2.45) is 0 Å². The van der Waals surface area contributed by atoms with E-state index in [4.69, 9.17) is 4.42 Å². The van der Waals surface area contributed by atoms with Crippen molar-refractivity contribution in [2.75, 3.05) is 0 Å². The van der Waals surface area contributed by atoms with Gasteiger partial charge in [-0.3, -0.25) is 14.3 Å². The molecule has 0 bridgehead atoms. The summed E-state index contributed by atoms with van der Waals surface area (Å²) in [5.74, 6) is 0.551. The minimum absolute atomic E-state index is 0.199. The molecule has 0 unspecified atom stereocenters. The molecular formula is C11H10N2O3. The average Bonchev–Trinajstić information content (AvgIpc) is 2.92. The van der Waals surface area contributed by atoms with E-state index in [1.807, 2.05) is 0 Å². The van der Waals surface area contributed by atoms with Crippen LogP contribution in [0.4, 0.5) is 0 Å². The number of hydrogen-bond acceptors (Lipinski definition) is 3. The van der Waals surface area contributed by atoms with Crippen LogP contribution in [0.15, 0.2) is 38.5 Å². The quantitative estimate of drug-likeness (QED) is 0.821. The summed E-state index contributed by atoms with van der Waals surface area (Å²) in [7, 11) is 0. The molecule has 0 amide bonds. The van der Waals surface area contributed by atoms with Crippen LogP contribution in [0.2, 0.25) is 0 Å². The van der Waals surface area contributed by atoms with Gasteiger partial charge in [0.1, 0.15) is 0 Å². The molecule has 2 heterocycles. The predicted molar refractivity (Wildman–Crippen MR) is 57.3 cm³/mol. The summed E-state index contributed by atoms with van der Waals surface area (Å²) in [5, 5.41) is 0. The maximum atomic E-state index is 11.7. The van der Waals surface area contributed by atoms with Crippen LogP contribution in [0.3, 0.4) is 0 Å². The fourth-order valence-electron chi connectivity index (χ4n) is 1.81. The highest BCUT2D eigenvalue weighted by atomic mass is 16.3. The minimum atomic E-state index is -0.395. The van der Waals surface area contributed by atoms with Gasteiger partial charge in [-0.2, -0.15) is 0 Å². The van der Waals surface area contributed by atoms with Gasteiger partial charge in [0, 0.05) is 12.1 Å². The molecule has 5 nitrogen and oxygen atoms in total. The van der Waals surface area contributed by atoms with Crippen molar-refractivity contribution in [2.45, 2.75) is 18.9 Å². The second-order valence-electron chi connectivity index (χ2n) is 3.90. The average molecular weight is 218 g/mol. The zero-order valence-corrected chi connectivity index (χ0v) is 8.47. The summed E-state index contributed by atoms with van der Waals surface area (Å²) in [4.78, 5) is 25.3. The lowest BCUT2D eigenvalue weighted by atomic mass is 10.3. The molecule has 0 radical (unpaired) electrons. The van der Waals surface area contributed by atoms with Crippen LogP contribution in [0.1, 0.15) is 18.9 Å². The van der Waals surface area contributed by atoms with Gasteiger partial charge in [-0.15, -0.1) is 0 Å². The number of aromatic nitrogens is 2. The Hall–Kier alpha value is -2.04. The molecule has 1 N–H and O–H groups in total. The van der Waals surface area contributed by atoms with Crippen molar-refractivity contribution >= 4 is 0 Å². The normalized spacial score (nSPS) is 15.2. The molecule has 0 spiro atoms. The molecule has 1 fully saturated rings. The lowest BCUT2D eigenvalue weighted by Crippen LogP contribution is -2.30. The van der Waals surface area contributed by atoms with Crippen molar-refractivity contribution in [1.29, 1.82) is 0 Å². The fraction of sp³-hybridized carbons (Fsp3) is 0.273. The minimum Gasteiger partial charge on any atom is -0.463 e. The second kappa shape index (κ2) is 3.23. The maximum Gasteiger partial charge on any atom is 0.329 e. The van der Waals surface area contributed by atoms with Crippen LogP contribution < -0.4 is 11.2 Å². The van der Waals surface area contributed by atoms with Gasteiger partial charge in [-0.25, -0.2) is 4.79 Å². The van der Waals surface area contributed by atoms with E-state index in [0.29, 0.717) is 11.5 Å². The Labute approximate surface area is 90.3 Å². The van der Waals surface area contributed by atoms with Gasteiger partial charge in [0.15, 0.2) is 5.76 Å². The molecule has 3 rings (SSSR count). The predicted octanol–water partition coefficient (Wildman–Crippen LogP) is 1.13. The van der Waals surface area contributed by atoms with E-state index >= 15 is 0 Å². The van der Waals surface area contributed by atoms with E-state index < -0.39 is 5.56 Å². The molecule has 0 atom stereocenters. The molecule has 1 aliphatic carbocycles. The SMILES string of the molecule is O=c1cc(-c2ccco2)n(C2CC2)c(=O)[nH]1. The first-order chi connectivity index (χ1) is 7.75. The summed E-state index contributed by atoms with van der Waals surface area (Å²) >= 11 is 0. The van der Waals surface area contributed by atoms with E-state index in [-0.39, 0.29) is 11.7 Å². The largest absolute Gasteiger partial charge is 0.463 e. The van der Waals surface area contributed by atoms with Crippen molar-refractivity contribution in [1.82, 2.24) is 9.55 Å². The van der Waals surface area contributed by atoms with Crippen molar-refractivity contribution in [3.05, 3.63) is 45.3 Å². The molecule has 1 aliphatic rings. The number of hydrogen-bond donors (Lipinski definition) is 1. The van der Waals surface area contributed by atoms with Crippen LogP contribution in [-0.4, -0.2) is 9.55 Å². The molecule has 1 saturated carbocycles. The third-order valence-electron chi connectivity index (χ3n) is 2.66. The standard InChI is InChI=1S/C11H10N2O3/c14-10-6-8(9-2-1-5-16-9)13(7-3-4-7)11(15)12-10/h1-2,5-7H,3-4H2,(H,12,14,15). The van der Waals surface area contributed by atoms with Gasteiger partial charge >= 0.3 is 5.69 Å². The highest BCUT2D eigenvalue weighted by molar-refractivity contribution is 5.52. The number of nitrogens with one attached hydrogen (secondary N) is 1. The molecule has 2 aromatic heterocycles. The van der Waals surface area contributed by atoms with Crippen molar-refractivity contribution in [3.8, 4) is 11.5 Å². The Kier molecular flexibility index (Phi) is 1.86. The Morgan fingerprint density at radius 1 is 1.38 bits per heavy atom. The number of H-pyrrole nitrogens is 1. The summed E-state index contributed by atoms with van der Waals surface area (Å²) in [6, 6.07) is 5.08. The number of rotatable bonds is 2. The number of aromatic amines is 1. The van der Waals surface area contributed by atoms with E-state index in [1.54, 1.807) is 16.7 Å². The van der Waals surface area contributed by atoms with Gasteiger partial charge in [0.05, 0.1) is 12.0 Å². The van der Waals surface area contributed by atoms with Gasteiger partial charge in [-0.05, 0) is 25.0 Å². The third-order valence-corrected chi connectivity index (χ3v) is 2.66. The molecule has 0 aromatic carbocycles. The lowest BCUT2D eigenvalue weighted by Gasteiger charge is -2.07. The Morgan fingerprint density at radius 3 is 2.81 bits per heavy atom. The maximum absolute atomic E-state index is 11.7. The molecular weight excluding hydrogens is 208 g/mol. The van der Waals surface area contributed by atoms with Gasteiger partial charge < -0.3 is 4.42 Å². The van der Waals surface area contributed by atoms with Crippen molar-refractivity contribution < 1.29 is 4.42 Å². The highest BCUT2D eigenvalue weighted by Crippen LogP contribution is 2.36. The molecule has 82 valence electrons. The fourth-order valence-corrected chi connectivity index (χ4v) is 1.81. The second-order valence-corrected chi connectivity index (χ2v) is 3.90. The third kappa shape index (κ3) is 1.41. The van der Waals surface area contributed by atoms with Crippen LogP contribution >= 0.6 is 0 Å². The van der Waals surface area contributed by atoms with Crippen LogP contribution in [-0.2, 0) is 0 Å². The first-order valence-electron chi connectivity index (χ1n) is 5.15. The summed E-state index contributed by atoms with van der Waals surface area (Å²) in [5.41, 5.74) is -0.198. The smallest absolute Gasteiger partial charge is 0.329 e. The number of furan rings is 1. The molecule has 2 aromatic rings. The summed E-state index contributed by atoms with van der Waals surface area (Å²) in [6.07, 6.45) is 3.47. The Bertz CT molecular complexity index is 617. The van der Waals surface area contributed by atoms with E-state index in [2.05, 4.69) is 4.98 Å². The lowest BCUT2D eigenvalue weighted by molar-refractivity contribution is 0.565. The molecule has 0 aliphatic heterocycles. The monoisotopic (exact) mass is 218 g/mol. The van der Waals surface area contributed by atoms with Gasteiger partial charge in [-0.1, -0.05) is 0 Å². The molecule has 16 heavy (non-hydrogen) atoms. The summed E-state index contributed by atoms with van der Waals surface area (Å²) in [6.45, 7) is 0. The van der Waals surface area contributed by atoms with E-state index in [9.17, 15) is 9.59 Å². The number of nitrogens with zero attached hydrogens (tertiary/aromatic N) is 1. The topological polar surface area (TPSA) is 68.0 Å². The molecule has 0 saturated heterocycles. The van der Waals surface area contributed by atoms with E-state index in [0.717, 1.165) is 12.8 Å². The van der Waals surface area contributed by atoms with Crippen LogP contribution in [0.25, 0.3) is 11.5 Å².